The van der Waals surface area contributed by atoms with Crippen LogP contribution in [0.25, 0.3) is 0 Å². The normalized spacial score (nSPS) is 34.5. The molecule has 1 heterocycles. The Morgan fingerprint density at radius 1 is 1.30 bits per heavy atom. The molecule has 2 aliphatic rings. The fourth-order valence-electron chi connectivity index (χ4n) is 3.94. The highest BCUT2D eigenvalue weighted by Gasteiger charge is 2.46. The molecule has 3 heteroatoms. The van der Waals surface area contributed by atoms with Gasteiger partial charge in [-0.05, 0) is 43.7 Å². The summed E-state index contributed by atoms with van der Waals surface area (Å²) in [5, 5.41) is 9.83. The topological polar surface area (TPSA) is 40.5 Å². The van der Waals surface area contributed by atoms with E-state index in [-0.39, 0.29) is 11.5 Å². The van der Waals surface area contributed by atoms with Gasteiger partial charge in [-0.1, -0.05) is 30.3 Å². The number of nitrogens with zero attached hydrogens (tertiary/aromatic N) is 1. The van der Waals surface area contributed by atoms with Crippen LogP contribution in [-0.2, 0) is 11.3 Å². The van der Waals surface area contributed by atoms with Crippen molar-refractivity contribution in [2.75, 3.05) is 13.1 Å². The van der Waals surface area contributed by atoms with Crippen LogP contribution in [0.15, 0.2) is 30.3 Å². The summed E-state index contributed by atoms with van der Waals surface area (Å²) in [6, 6.07) is 10.4. The fraction of sp³-hybridized carbons (Fsp3) is 0.588. The first-order valence-corrected chi connectivity index (χ1v) is 7.62. The molecule has 1 saturated carbocycles. The van der Waals surface area contributed by atoms with Gasteiger partial charge in [0.15, 0.2) is 0 Å². The van der Waals surface area contributed by atoms with E-state index in [4.69, 9.17) is 0 Å². The van der Waals surface area contributed by atoms with E-state index < -0.39 is 0 Å². The van der Waals surface area contributed by atoms with Crippen molar-refractivity contribution in [3.8, 4) is 0 Å². The summed E-state index contributed by atoms with van der Waals surface area (Å²) in [6.45, 7) is 2.80. The van der Waals surface area contributed by atoms with E-state index in [1.54, 1.807) is 0 Å². The van der Waals surface area contributed by atoms with E-state index in [0.29, 0.717) is 5.92 Å². The molecule has 0 aromatic heterocycles. The number of carbonyl (C=O) groups is 1. The van der Waals surface area contributed by atoms with Crippen LogP contribution in [0.1, 0.15) is 31.2 Å². The zero-order valence-corrected chi connectivity index (χ0v) is 11.9. The molecule has 1 aliphatic carbocycles. The van der Waals surface area contributed by atoms with Crippen molar-refractivity contribution >= 4 is 6.29 Å². The SMILES string of the molecule is O=C[C@@]12CC[C@@H](O)C[C@@H]1CCN(Cc1ccccc1)C2. The van der Waals surface area contributed by atoms with Crippen molar-refractivity contribution in [1.82, 2.24) is 4.90 Å². The Bertz CT molecular complexity index is 461. The molecule has 2 fully saturated rings. The molecule has 0 unspecified atom stereocenters. The van der Waals surface area contributed by atoms with Gasteiger partial charge in [0.2, 0.25) is 0 Å². The summed E-state index contributed by atoms with van der Waals surface area (Å²) in [5.74, 6) is 0.371. The minimum Gasteiger partial charge on any atom is -0.393 e. The van der Waals surface area contributed by atoms with Gasteiger partial charge < -0.3 is 9.90 Å². The number of aldehydes is 1. The summed E-state index contributed by atoms with van der Waals surface area (Å²) < 4.78 is 0. The molecule has 3 nitrogen and oxygen atoms in total. The maximum Gasteiger partial charge on any atom is 0.127 e. The summed E-state index contributed by atoms with van der Waals surface area (Å²) in [6.07, 6.45) is 4.43. The van der Waals surface area contributed by atoms with Crippen LogP contribution in [0.2, 0.25) is 0 Å². The number of fused-ring (bicyclic) bond motifs is 1. The molecule has 0 amide bonds. The van der Waals surface area contributed by atoms with Gasteiger partial charge >= 0.3 is 0 Å². The molecule has 108 valence electrons. The summed E-state index contributed by atoms with van der Waals surface area (Å²) in [4.78, 5) is 14.1. The lowest BCUT2D eigenvalue weighted by molar-refractivity contribution is -0.129. The molecule has 20 heavy (non-hydrogen) atoms. The van der Waals surface area contributed by atoms with Crippen LogP contribution in [0.4, 0.5) is 0 Å². The molecule has 1 aromatic rings. The van der Waals surface area contributed by atoms with E-state index in [2.05, 4.69) is 29.2 Å². The lowest BCUT2D eigenvalue weighted by Crippen LogP contribution is -2.52. The fourth-order valence-corrected chi connectivity index (χ4v) is 3.94. The average molecular weight is 273 g/mol. The molecular weight excluding hydrogens is 250 g/mol. The zero-order valence-electron chi connectivity index (χ0n) is 11.9. The number of aliphatic hydroxyl groups is 1. The Hall–Kier alpha value is -1.19. The van der Waals surface area contributed by atoms with Gasteiger partial charge in [-0.25, -0.2) is 0 Å². The summed E-state index contributed by atoms with van der Waals surface area (Å²) in [7, 11) is 0. The average Bonchev–Trinajstić information content (AvgIpc) is 2.49. The number of hydrogen-bond acceptors (Lipinski definition) is 3. The van der Waals surface area contributed by atoms with Crippen molar-refractivity contribution in [2.45, 2.75) is 38.3 Å². The number of piperidine rings is 1. The van der Waals surface area contributed by atoms with E-state index in [1.165, 1.54) is 11.8 Å². The molecule has 1 saturated heterocycles. The Kier molecular flexibility index (Phi) is 3.90. The molecule has 0 radical (unpaired) electrons. The van der Waals surface area contributed by atoms with E-state index >= 15 is 0 Å². The van der Waals surface area contributed by atoms with Crippen molar-refractivity contribution < 1.29 is 9.90 Å². The standard InChI is InChI=1S/C17H23NO2/c19-13-17-8-6-16(20)10-15(17)7-9-18(12-17)11-14-4-2-1-3-5-14/h1-5,13,15-16,20H,6-12H2/t15-,16+,17-/m0/s1. The number of likely N-dealkylation sites (tertiary alicyclic amines) is 1. The van der Waals surface area contributed by atoms with Gasteiger partial charge in [0.1, 0.15) is 6.29 Å². The Morgan fingerprint density at radius 3 is 2.85 bits per heavy atom. The van der Waals surface area contributed by atoms with E-state index in [1.807, 2.05) is 6.07 Å². The minimum atomic E-state index is -0.216. The van der Waals surface area contributed by atoms with Crippen molar-refractivity contribution in [2.24, 2.45) is 11.3 Å². The monoisotopic (exact) mass is 273 g/mol. The molecule has 1 aliphatic heterocycles. The van der Waals surface area contributed by atoms with E-state index in [9.17, 15) is 9.90 Å². The van der Waals surface area contributed by atoms with Gasteiger partial charge in [0, 0.05) is 18.5 Å². The zero-order chi connectivity index (χ0) is 14.0. The number of carbonyl (C=O) groups excluding carboxylic acids is 1. The van der Waals surface area contributed by atoms with Crippen LogP contribution < -0.4 is 0 Å². The molecule has 1 N–H and O–H groups in total. The van der Waals surface area contributed by atoms with E-state index in [0.717, 1.165) is 45.3 Å². The third kappa shape index (κ3) is 2.65. The van der Waals surface area contributed by atoms with Gasteiger partial charge in [-0.2, -0.15) is 0 Å². The maximum absolute atomic E-state index is 11.7. The van der Waals surface area contributed by atoms with Crippen LogP contribution in [-0.4, -0.2) is 35.5 Å². The predicted molar refractivity (Wildman–Crippen MR) is 78.2 cm³/mol. The van der Waals surface area contributed by atoms with Gasteiger partial charge in [-0.15, -0.1) is 0 Å². The second kappa shape index (κ2) is 5.66. The summed E-state index contributed by atoms with van der Waals surface area (Å²) >= 11 is 0. The molecule has 3 rings (SSSR count). The number of hydrogen-bond donors (Lipinski definition) is 1. The number of benzene rings is 1. The predicted octanol–water partition coefficient (Wildman–Crippen LogP) is 2.24. The first-order valence-electron chi connectivity index (χ1n) is 7.62. The maximum atomic E-state index is 11.7. The largest absolute Gasteiger partial charge is 0.393 e. The minimum absolute atomic E-state index is 0.200. The Balaban J connectivity index is 1.70. The highest BCUT2D eigenvalue weighted by molar-refractivity contribution is 5.61. The third-order valence-electron chi connectivity index (χ3n) is 5.11. The quantitative estimate of drug-likeness (QED) is 0.859. The first-order chi connectivity index (χ1) is 9.72. The van der Waals surface area contributed by atoms with Crippen LogP contribution in [0, 0.1) is 11.3 Å². The van der Waals surface area contributed by atoms with Crippen molar-refractivity contribution in [3.05, 3.63) is 35.9 Å². The second-order valence-electron chi connectivity index (χ2n) is 6.46. The van der Waals surface area contributed by atoms with Crippen LogP contribution >= 0.6 is 0 Å². The molecule has 1 aromatic carbocycles. The highest BCUT2D eigenvalue weighted by atomic mass is 16.3. The third-order valence-corrected chi connectivity index (χ3v) is 5.11. The van der Waals surface area contributed by atoms with Crippen molar-refractivity contribution in [1.29, 1.82) is 0 Å². The molecule has 0 spiro atoms. The first kappa shape index (κ1) is 13.8. The second-order valence-corrected chi connectivity index (χ2v) is 6.46. The van der Waals surface area contributed by atoms with Gasteiger partial charge in [-0.3, -0.25) is 4.90 Å². The highest BCUT2D eigenvalue weighted by Crippen LogP contribution is 2.45. The summed E-state index contributed by atoms with van der Waals surface area (Å²) in [5.41, 5.74) is 1.09. The number of aliphatic hydroxyl groups excluding tert-OH is 1. The molecular formula is C17H23NO2. The Labute approximate surface area is 120 Å². The van der Waals surface area contributed by atoms with Crippen LogP contribution in [0.3, 0.4) is 0 Å². The molecule has 3 atom stereocenters. The lowest BCUT2D eigenvalue weighted by Gasteiger charge is -2.49. The Morgan fingerprint density at radius 2 is 2.10 bits per heavy atom. The van der Waals surface area contributed by atoms with Crippen LogP contribution in [0.5, 0.6) is 0 Å². The van der Waals surface area contributed by atoms with Gasteiger partial charge in [0.05, 0.1) is 6.10 Å². The lowest BCUT2D eigenvalue weighted by atomic mass is 9.63. The number of rotatable bonds is 3. The van der Waals surface area contributed by atoms with Crippen molar-refractivity contribution in [3.63, 3.8) is 0 Å². The molecule has 0 bridgehead atoms. The van der Waals surface area contributed by atoms with Gasteiger partial charge in [0.25, 0.3) is 0 Å². The smallest absolute Gasteiger partial charge is 0.127 e.